The summed E-state index contributed by atoms with van der Waals surface area (Å²) < 4.78 is 1.78. The molecule has 0 aliphatic heterocycles. The van der Waals surface area contributed by atoms with Crippen LogP contribution in [0.1, 0.15) is 25.5 Å². The molecule has 1 heterocycles. The smallest absolute Gasteiger partial charge is 0.145 e. The molecule has 0 aromatic carbocycles. The van der Waals surface area contributed by atoms with Crippen molar-refractivity contribution in [2.45, 2.75) is 32.9 Å². The third-order valence-electron chi connectivity index (χ3n) is 2.17. The second kappa shape index (κ2) is 4.85. The highest BCUT2D eigenvalue weighted by Crippen LogP contribution is 2.19. The molecule has 0 spiro atoms. The van der Waals surface area contributed by atoms with Crippen LogP contribution in [0.4, 0.5) is 11.5 Å². The van der Waals surface area contributed by atoms with Gasteiger partial charge in [0.25, 0.3) is 0 Å². The average molecular weight is 197 g/mol. The molecule has 0 saturated carbocycles. The monoisotopic (exact) mass is 197 g/mol. The van der Waals surface area contributed by atoms with Gasteiger partial charge in [0.15, 0.2) is 0 Å². The molecule has 0 radical (unpaired) electrons. The quantitative estimate of drug-likeness (QED) is 0.644. The first kappa shape index (κ1) is 10.8. The van der Waals surface area contributed by atoms with E-state index in [1.807, 2.05) is 7.05 Å². The van der Waals surface area contributed by atoms with Crippen LogP contribution in [0.5, 0.6) is 0 Å². The number of aromatic nitrogens is 2. The highest BCUT2D eigenvalue weighted by molar-refractivity contribution is 5.62. The number of nitrogen functional groups attached to an aromatic ring is 2. The number of nitrogens with one attached hydrogen (secondary N) is 1. The van der Waals surface area contributed by atoms with Gasteiger partial charge >= 0.3 is 0 Å². The number of unbranched alkanes of at least 4 members (excludes halogenated alkanes) is 1. The van der Waals surface area contributed by atoms with E-state index in [2.05, 4.69) is 17.3 Å². The zero-order valence-corrected chi connectivity index (χ0v) is 8.88. The van der Waals surface area contributed by atoms with E-state index in [-0.39, 0.29) is 0 Å². The van der Waals surface area contributed by atoms with Gasteiger partial charge in [-0.1, -0.05) is 13.3 Å². The number of anilines is 2. The summed E-state index contributed by atoms with van der Waals surface area (Å²) in [6.07, 6.45) is 2.20. The van der Waals surface area contributed by atoms with E-state index in [1.54, 1.807) is 4.68 Å². The predicted octanol–water partition coefficient (Wildman–Crippen LogP) is 0.567. The lowest BCUT2D eigenvalue weighted by atomic mass is 10.3. The second-order valence-corrected chi connectivity index (χ2v) is 3.35. The number of nitrogens with zero attached hydrogens (tertiary/aromatic N) is 2. The first-order valence-electron chi connectivity index (χ1n) is 4.96. The fourth-order valence-corrected chi connectivity index (χ4v) is 1.32. The van der Waals surface area contributed by atoms with Crippen molar-refractivity contribution in [2.24, 2.45) is 0 Å². The van der Waals surface area contributed by atoms with Crippen LogP contribution in [0.15, 0.2) is 0 Å². The van der Waals surface area contributed by atoms with Gasteiger partial charge in [0.2, 0.25) is 0 Å². The fourth-order valence-electron chi connectivity index (χ4n) is 1.32. The van der Waals surface area contributed by atoms with Crippen LogP contribution in [0.25, 0.3) is 0 Å². The summed E-state index contributed by atoms with van der Waals surface area (Å²) in [7, 11) is 1.86. The van der Waals surface area contributed by atoms with Crippen molar-refractivity contribution >= 4 is 11.5 Å². The third-order valence-corrected chi connectivity index (χ3v) is 2.17. The molecule has 5 heteroatoms. The summed E-state index contributed by atoms with van der Waals surface area (Å²) >= 11 is 0. The lowest BCUT2D eigenvalue weighted by Gasteiger charge is -2.01. The van der Waals surface area contributed by atoms with E-state index in [9.17, 15) is 0 Å². The maximum atomic E-state index is 5.82. The molecule has 0 saturated heterocycles. The lowest BCUT2D eigenvalue weighted by molar-refractivity contribution is 0.569. The third kappa shape index (κ3) is 2.17. The van der Waals surface area contributed by atoms with Gasteiger partial charge in [0.1, 0.15) is 11.5 Å². The van der Waals surface area contributed by atoms with Gasteiger partial charge in [-0.2, -0.15) is 5.10 Å². The van der Waals surface area contributed by atoms with Crippen molar-refractivity contribution < 1.29 is 0 Å². The van der Waals surface area contributed by atoms with Crippen molar-refractivity contribution in [3.05, 3.63) is 5.69 Å². The Kier molecular flexibility index (Phi) is 3.76. The molecule has 0 aliphatic rings. The SMILES string of the molecule is CCCCn1nc(CNC)c(N)c1N. The Morgan fingerprint density at radius 1 is 1.43 bits per heavy atom. The Bertz CT molecular complexity index is 292. The Hall–Kier alpha value is -1.23. The van der Waals surface area contributed by atoms with E-state index in [0.29, 0.717) is 18.1 Å². The standard InChI is InChI=1S/C9H19N5/c1-3-4-5-14-9(11)8(10)7(13-14)6-12-2/h12H,3-6,10-11H2,1-2H3. The zero-order chi connectivity index (χ0) is 10.6. The molecule has 5 nitrogen and oxygen atoms in total. The first-order chi connectivity index (χ1) is 6.70. The summed E-state index contributed by atoms with van der Waals surface area (Å²) in [6.45, 7) is 3.64. The molecule has 0 fully saturated rings. The van der Waals surface area contributed by atoms with Crippen LogP contribution < -0.4 is 16.8 Å². The van der Waals surface area contributed by atoms with E-state index in [1.165, 1.54) is 0 Å². The minimum atomic E-state index is 0.587. The predicted molar refractivity (Wildman–Crippen MR) is 58.7 cm³/mol. The normalized spacial score (nSPS) is 10.7. The summed E-state index contributed by atoms with van der Waals surface area (Å²) in [5.74, 6) is 0.587. The molecule has 80 valence electrons. The minimum Gasteiger partial charge on any atom is -0.394 e. The molecule has 0 atom stereocenters. The maximum absolute atomic E-state index is 5.82. The van der Waals surface area contributed by atoms with Crippen molar-refractivity contribution in [1.82, 2.24) is 15.1 Å². The number of rotatable bonds is 5. The van der Waals surface area contributed by atoms with Crippen molar-refractivity contribution in [3.63, 3.8) is 0 Å². The van der Waals surface area contributed by atoms with Gasteiger partial charge in [-0.25, -0.2) is 4.68 Å². The Balaban J connectivity index is 2.79. The summed E-state index contributed by atoms with van der Waals surface area (Å²) in [5.41, 5.74) is 13.1. The highest BCUT2D eigenvalue weighted by Gasteiger charge is 2.10. The van der Waals surface area contributed by atoms with Gasteiger partial charge < -0.3 is 16.8 Å². The summed E-state index contributed by atoms with van der Waals surface area (Å²) in [6, 6.07) is 0. The average Bonchev–Trinajstić information content (AvgIpc) is 2.44. The number of nitrogens with two attached hydrogens (primary N) is 2. The lowest BCUT2D eigenvalue weighted by Crippen LogP contribution is -2.08. The maximum Gasteiger partial charge on any atom is 0.145 e. The molecule has 1 aromatic heterocycles. The van der Waals surface area contributed by atoms with E-state index in [0.717, 1.165) is 25.1 Å². The molecular weight excluding hydrogens is 178 g/mol. The molecular formula is C9H19N5. The van der Waals surface area contributed by atoms with Crippen LogP contribution in [0.2, 0.25) is 0 Å². The summed E-state index contributed by atoms with van der Waals surface area (Å²) in [4.78, 5) is 0. The number of aryl methyl sites for hydroxylation is 1. The van der Waals surface area contributed by atoms with Crippen LogP contribution in [0, 0.1) is 0 Å². The molecule has 0 amide bonds. The Labute approximate surface area is 84.5 Å². The van der Waals surface area contributed by atoms with Crippen molar-refractivity contribution in [2.75, 3.05) is 18.5 Å². The minimum absolute atomic E-state index is 0.587. The van der Waals surface area contributed by atoms with Crippen LogP contribution in [0.3, 0.4) is 0 Å². The largest absolute Gasteiger partial charge is 0.394 e. The Morgan fingerprint density at radius 2 is 2.14 bits per heavy atom. The van der Waals surface area contributed by atoms with Crippen LogP contribution in [-0.2, 0) is 13.1 Å². The molecule has 5 N–H and O–H groups in total. The van der Waals surface area contributed by atoms with Crippen molar-refractivity contribution in [3.8, 4) is 0 Å². The number of hydrogen-bond donors (Lipinski definition) is 3. The fraction of sp³-hybridized carbons (Fsp3) is 0.667. The van der Waals surface area contributed by atoms with E-state index >= 15 is 0 Å². The van der Waals surface area contributed by atoms with Gasteiger partial charge in [-0.05, 0) is 13.5 Å². The Morgan fingerprint density at radius 3 is 2.71 bits per heavy atom. The van der Waals surface area contributed by atoms with Crippen LogP contribution >= 0.6 is 0 Å². The van der Waals surface area contributed by atoms with Gasteiger partial charge in [-0.3, -0.25) is 0 Å². The molecule has 1 aromatic rings. The topological polar surface area (TPSA) is 81.9 Å². The number of hydrogen-bond acceptors (Lipinski definition) is 4. The molecule has 1 rings (SSSR count). The van der Waals surface area contributed by atoms with Gasteiger partial charge in [-0.15, -0.1) is 0 Å². The van der Waals surface area contributed by atoms with Crippen molar-refractivity contribution in [1.29, 1.82) is 0 Å². The molecule has 14 heavy (non-hydrogen) atoms. The molecule has 0 unspecified atom stereocenters. The molecule has 0 aliphatic carbocycles. The van der Waals surface area contributed by atoms with E-state index < -0.39 is 0 Å². The first-order valence-corrected chi connectivity index (χ1v) is 4.96. The summed E-state index contributed by atoms with van der Waals surface area (Å²) in [5, 5.41) is 7.35. The van der Waals surface area contributed by atoms with Crippen LogP contribution in [-0.4, -0.2) is 16.8 Å². The van der Waals surface area contributed by atoms with Gasteiger partial charge in [0.05, 0.1) is 5.69 Å². The second-order valence-electron chi connectivity index (χ2n) is 3.35. The van der Waals surface area contributed by atoms with Gasteiger partial charge in [0, 0.05) is 13.1 Å². The zero-order valence-electron chi connectivity index (χ0n) is 8.88. The highest BCUT2D eigenvalue weighted by atomic mass is 15.3. The molecule has 0 bridgehead atoms. The van der Waals surface area contributed by atoms with E-state index in [4.69, 9.17) is 11.5 Å².